The predicted molar refractivity (Wildman–Crippen MR) is 98.6 cm³/mol. The molecule has 0 radical (unpaired) electrons. The number of pyridine rings is 1. The van der Waals surface area contributed by atoms with Gasteiger partial charge in [-0.25, -0.2) is 18.4 Å². The lowest BCUT2D eigenvalue weighted by molar-refractivity contribution is -0.0328. The van der Waals surface area contributed by atoms with Crippen molar-refractivity contribution in [2.75, 3.05) is 5.75 Å². The van der Waals surface area contributed by atoms with Gasteiger partial charge in [-0.15, -0.1) is 0 Å². The molecule has 0 saturated heterocycles. The molecule has 0 amide bonds. The summed E-state index contributed by atoms with van der Waals surface area (Å²) in [7, 11) is -1.98. The Balaban J connectivity index is 2.21. The molecule has 2 aromatic heterocycles. The Morgan fingerprint density at radius 2 is 1.89 bits per heavy atom. The van der Waals surface area contributed by atoms with Crippen LogP contribution in [0.25, 0.3) is 22.6 Å². The number of nitrogens with zero attached hydrogens (tertiary/aromatic N) is 3. The van der Waals surface area contributed by atoms with Gasteiger partial charge in [0.05, 0.1) is 21.7 Å². The zero-order valence-corrected chi connectivity index (χ0v) is 16.5. The molecule has 0 bridgehead atoms. The zero-order valence-electron chi connectivity index (χ0n) is 14.1. The summed E-state index contributed by atoms with van der Waals surface area (Å²) in [6, 6.07) is 6.86. The van der Waals surface area contributed by atoms with Crippen LogP contribution in [-0.4, -0.2) is 34.2 Å². The summed E-state index contributed by atoms with van der Waals surface area (Å²) in [6.45, 7) is 1.50. The van der Waals surface area contributed by atoms with Crippen molar-refractivity contribution in [3.05, 3.63) is 35.5 Å². The van der Waals surface area contributed by atoms with Gasteiger partial charge in [-0.2, -0.15) is 13.2 Å². The monoisotopic (exact) mass is 435 g/mol. The molecule has 0 fully saturated rings. The van der Waals surface area contributed by atoms with Crippen molar-refractivity contribution in [1.82, 2.24) is 14.5 Å². The van der Waals surface area contributed by atoms with E-state index in [9.17, 15) is 21.6 Å². The zero-order chi connectivity index (χ0) is 20.0. The highest BCUT2D eigenvalue weighted by Gasteiger charge is 2.29. The van der Waals surface area contributed by atoms with Crippen LogP contribution in [0.3, 0.4) is 0 Å². The fraction of sp³-hybridized carbons (Fsp3) is 0.250. The Kier molecular flexibility index (Phi) is 5.17. The maximum absolute atomic E-state index is 12.6. The molecule has 0 atom stereocenters. The van der Waals surface area contributed by atoms with E-state index in [0.717, 1.165) is 0 Å². The van der Waals surface area contributed by atoms with Crippen LogP contribution >= 0.6 is 23.4 Å². The molecule has 0 N–H and O–H groups in total. The van der Waals surface area contributed by atoms with Crippen LogP contribution in [0.4, 0.5) is 13.2 Å². The quantitative estimate of drug-likeness (QED) is 0.439. The van der Waals surface area contributed by atoms with Gasteiger partial charge in [0.15, 0.2) is 15.7 Å². The smallest absolute Gasteiger partial charge is 0.326 e. The van der Waals surface area contributed by atoms with Crippen molar-refractivity contribution in [1.29, 1.82) is 0 Å². The van der Waals surface area contributed by atoms with Gasteiger partial charge >= 0.3 is 5.51 Å². The predicted octanol–water partition coefficient (Wildman–Crippen LogP) is 4.69. The van der Waals surface area contributed by atoms with E-state index in [1.165, 1.54) is 37.3 Å². The molecule has 144 valence electrons. The molecule has 3 aromatic rings. The second-order valence-electron chi connectivity index (χ2n) is 5.58. The van der Waals surface area contributed by atoms with E-state index >= 15 is 0 Å². The van der Waals surface area contributed by atoms with Gasteiger partial charge in [-0.1, -0.05) is 18.5 Å². The Bertz CT molecular complexity index is 1130. The number of hydrogen-bond donors (Lipinski definition) is 0. The number of hydrogen-bond acceptors (Lipinski definition) is 5. The molecule has 0 unspecified atom stereocenters. The van der Waals surface area contributed by atoms with Crippen molar-refractivity contribution in [2.45, 2.75) is 22.2 Å². The molecular weight excluding hydrogens is 423 g/mol. The van der Waals surface area contributed by atoms with E-state index < -0.39 is 15.3 Å². The van der Waals surface area contributed by atoms with Crippen LogP contribution in [0, 0.1) is 0 Å². The number of aryl methyl sites for hydroxylation is 1. The lowest BCUT2D eigenvalue weighted by Crippen LogP contribution is -2.08. The third kappa shape index (κ3) is 4.07. The van der Waals surface area contributed by atoms with E-state index in [0.29, 0.717) is 11.0 Å². The minimum atomic E-state index is -4.41. The Morgan fingerprint density at radius 3 is 2.52 bits per heavy atom. The molecule has 5 nitrogen and oxygen atoms in total. The van der Waals surface area contributed by atoms with Gasteiger partial charge in [0.2, 0.25) is 0 Å². The second kappa shape index (κ2) is 6.99. The first kappa shape index (κ1) is 20.0. The largest absolute Gasteiger partial charge is 0.446 e. The van der Waals surface area contributed by atoms with Gasteiger partial charge in [0.25, 0.3) is 0 Å². The van der Waals surface area contributed by atoms with Crippen molar-refractivity contribution >= 4 is 44.2 Å². The van der Waals surface area contributed by atoms with E-state index in [1.54, 1.807) is 11.6 Å². The number of thioether (sulfide) groups is 1. The first-order valence-corrected chi connectivity index (χ1v) is 10.5. The highest BCUT2D eigenvalue weighted by molar-refractivity contribution is 8.00. The van der Waals surface area contributed by atoms with Crippen molar-refractivity contribution in [3.8, 4) is 11.5 Å². The van der Waals surface area contributed by atoms with Crippen LogP contribution in [0.1, 0.15) is 6.92 Å². The van der Waals surface area contributed by atoms with E-state index in [-0.39, 0.29) is 44.0 Å². The third-order valence-electron chi connectivity index (χ3n) is 3.84. The van der Waals surface area contributed by atoms with Gasteiger partial charge in [0.1, 0.15) is 10.8 Å². The van der Waals surface area contributed by atoms with E-state index in [4.69, 9.17) is 11.6 Å². The summed E-state index contributed by atoms with van der Waals surface area (Å²) in [5.41, 5.74) is -3.52. The van der Waals surface area contributed by atoms with Crippen LogP contribution in [0.2, 0.25) is 5.15 Å². The van der Waals surface area contributed by atoms with Crippen LogP contribution in [-0.2, 0) is 16.9 Å². The molecule has 0 aliphatic heterocycles. The number of halogens is 4. The molecular formula is C16H13ClF3N3O2S2. The van der Waals surface area contributed by atoms with Gasteiger partial charge in [-0.05, 0) is 42.1 Å². The molecule has 1 aromatic carbocycles. The average Bonchev–Trinajstić information content (AvgIpc) is 2.89. The number of benzene rings is 1. The minimum Gasteiger partial charge on any atom is -0.326 e. The number of alkyl halides is 3. The molecule has 0 aliphatic carbocycles. The van der Waals surface area contributed by atoms with Gasteiger partial charge < -0.3 is 4.57 Å². The fourth-order valence-corrected chi connectivity index (χ4v) is 4.32. The minimum absolute atomic E-state index is 0.0138. The molecule has 0 aliphatic rings. The molecule has 3 rings (SSSR count). The Hall–Kier alpha value is -1.78. The molecule has 2 heterocycles. The van der Waals surface area contributed by atoms with E-state index in [2.05, 4.69) is 9.97 Å². The maximum Gasteiger partial charge on any atom is 0.446 e. The average molecular weight is 436 g/mol. The second-order valence-corrected chi connectivity index (χ2v) is 9.35. The topological polar surface area (TPSA) is 64.8 Å². The van der Waals surface area contributed by atoms with Crippen molar-refractivity contribution in [3.63, 3.8) is 0 Å². The number of sulfone groups is 1. The van der Waals surface area contributed by atoms with Crippen molar-refractivity contribution < 1.29 is 21.6 Å². The normalized spacial score (nSPS) is 12.7. The highest BCUT2D eigenvalue weighted by Crippen LogP contribution is 2.38. The summed E-state index contributed by atoms with van der Waals surface area (Å²) in [5, 5.41) is 0.0837. The molecule has 11 heteroatoms. The highest BCUT2D eigenvalue weighted by atomic mass is 35.5. The molecule has 0 spiro atoms. The lowest BCUT2D eigenvalue weighted by atomic mass is 10.3. The summed E-state index contributed by atoms with van der Waals surface area (Å²) < 4.78 is 64.2. The molecule has 0 saturated carbocycles. The number of fused-ring (bicyclic) bond motifs is 1. The number of aromatic nitrogens is 3. The van der Waals surface area contributed by atoms with Crippen LogP contribution in [0.5, 0.6) is 0 Å². The summed E-state index contributed by atoms with van der Waals surface area (Å²) >= 11 is 5.70. The van der Waals surface area contributed by atoms with E-state index in [1.807, 2.05) is 0 Å². The first-order chi connectivity index (χ1) is 12.5. The van der Waals surface area contributed by atoms with Gasteiger partial charge in [0, 0.05) is 11.9 Å². The van der Waals surface area contributed by atoms with Crippen molar-refractivity contribution in [2.24, 2.45) is 7.05 Å². The SMILES string of the molecule is CCS(=O)(=O)c1ccc(Cl)nc1-c1nc2cc(SC(F)(F)F)ccc2n1C. The number of rotatable bonds is 4. The number of imidazole rings is 1. The standard InChI is InChI=1S/C16H13ClF3N3O2S2/c1-3-27(24,25)12-6-7-13(17)22-14(12)15-21-10-8-9(26-16(18,19)20)4-5-11(10)23(15)2/h4-8H,3H2,1-2H3. The Labute approximate surface area is 162 Å². The molecule has 27 heavy (non-hydrogen) atoms. The lowest BCUT2D eigenvalue weighted by Gasteiger charge is -2.09. The van der Waals surface area contributed by atoms with Gasteiger partial charge in [-0.3, -0.25) is 0 Å². The first-order valence-electron chi connectivity index (χ1n) is 7.63. The summed E-state index contributed by atoms with van der Waals surface area (Å²) in [6.07, 6.45) is 0. The fourth-order valence-electron chi connectivity index (χ4n) is 2.58. The van der Waals surface area contributed by atoms with Crippen LogP contribution in [0.15, 0.2) is 40.1 Å². The summed E-state index contributed by atoms with van der Waals surface area (Å²) in [5.74, 6) is 0.0632. The van der Waals surface area contributed by atoms with Crippen LogP contribution < -0.4 is 0 Å². The third-order valence-corrected chi connectivity index (χ3v) is 6.53. The summed E-state index contributed by atoms with van der Waals surface area (Å²) in [4.78, 5) is 8.39. The Morgan fingerprint density at radius 1 is 1.19 bits per heavy atom. The maximum atomic E-state index is 12.6.